The molecule has 4 rings (SSSR count). The molecule has 0 radical (unpaired) electrons. The maximum atomic E-state index is 12.3. The molecule has 0 unspecified atom stereocenters. The molecule has 1 aliphatic rings. The second kappa shape index (κ2) is 7.84. The van der Waals surface area contributed by atoms with E-state index < -0.39 is 0 Å². The fraction of sp³-hybridized carbons (Fsp3) is 0.238. The van der Waals surface area contributed by atoms with Crippen LogP contribution in [0.3, 0.4) is 0 Å². The predicted octanol–water partition coefficient (Wildman–Crippen LogP) is 3.56. The van der Waals surface area contributed by atoms with Crippen molar-refractivity contribution in [2.24, 2.45) is 0 Å². The molecule has 138 valence electrons. The number of halogens is 1. The number of benzene rings is 2. The molecule has 1 amide bonds. The Hall–Kier alpha value is -2.79. The van der Waals surface area contributed by atoms with E-state index in [4.69, 9.17) is 21.1 Å². The third-order valence-corrected chi connectivity index (χ3v) is 4.73. The Morgan fingerprint density at radius 2 is 2.00 bits per heavy atom. The van der Waals surface area contributed by atoms with Crippen molar-refractivity contribution >= 4 is 28.4 Å². The van der Waals surface area contributed by atoms with Gasteiger partial charge in [0, 0.05) is 18.1 Å². The van der Waals surface area contributed by atoms with Gasteiger partial charge in [0.05, 0.1) is 17.0 Å². The normalized spacial score (nSPS) is 12.8. The number of fused-ring (bicyclic) bond motifs is 2. The minimum atomic E-state index is -0.0593. The average molecular weight is 383 g/mol. The minimum absolute atomic E-state index is 0.0593. The molecule has 0 atom stereocenters. The van der Waals surface area contributed by atoms with E-state index in [1.54, 1.807) is 12.3 Å². The number of amides is 1. The lowest BCUT2D eigenvalue weighted by molar-refractivity contribution is -0.120. The van der Waals surface area contributed by atoms with Gasteiger partial charge in [0.25, 0.3) is 0 Å². The zero-order valence-electron chi connectivity index (χ0n) is 14.7. The van der Waals surface area contributed by atoms with Crippen LogP contribution in [0.25, 0.3) is 10.9 Å². The van der Waals surface area contributed by atoms with Gasteiger partial charge >= 0.3 is 0 Å². The maximum absolute atomic E-state index is 12.3. The van der Waals surface area contributed by atoms with E-state index in [2.05, 4.69) is 10.3 Å². The van der Waals surface area contributed by atoms with Crippen LogP contribution in [0.5, 0.6) is 11.5 Å². The first-order valence-electron chi connectivity index (χ1n) is 8.88. The molecule has 0 saturated heterocycles. The summed E-state index contributed by atoms with van der Waals surface area (Å²) in [6.45, 7) is 1.51. The van der Waals surface area contributed by atoms with E-state index >= 15 is 0 Å². The first kappa shape index (κ1) is 17.6. The summed E-state index contributed by atoms with van der Waals surface area (Å²) in [5.74, 6) is 1.09. The summed E-state index contributed by atoms with van der Waals surface area (Å²) in [5.41, 5.74) is 2.90. The molecule has 3 aromatic rings. The molecule has 0 saturated carbocycles. The molecule has 2 heterocycles. The van der Waals surface area contributed by atoms with Crippen molar-refractivity contribution in [1.82, 2.24) is 10.3 Å². The molecular formula is C21H19ClN2O3. The second-order valence-corrected chi connectivity index (χ2v) is 6.78. The lowest BCUT2D eigenvalue weighted by Gasteiger charge is -2.20. The lowest BCUT2D eigenvalue weighted by Crippen LogP contribution is -2.27. The van der Waals surface area contributed by atoms with Crippen LogP contribution in [0.15, 0.2) is 48.7 Å². The summed E-state index contributed by atoms with van der Waals surface area (Å²) in [5, 5.41) is 4.54. The molecule has 0 spiro atoms. The minimum Gasteiger partial charge on any atom is -0.486 e. The van der Waals surface area contributed by atoms with E-state index in [9.17, 15) is 4.79 Å². The van der Waals surface area contributed by atoms with Gasteiger partial charge in [0.15, 0.2) is 11.5 Å². The van der Waals surface area contributed by atoms with Gasteiger partial charge in [0.1, 0.15) is 13.2 Å². The zero-order chi connectivity index (χ0) is 18.6. The number of hydrogen-bond acceptors (Lipinski definition) is 4. The van der Waals surface area contributed by atoms with Gasteiger partial charge in [-0.15, -0.1) is 0 Å². The Balaban J connectivity index is 1.37. The summed E-state index contributed by atoms with van der Waals surface area (Å²) in [6, 6.07) is 13.6. The van der Waals surface area contributed by atoms with Crippen LogP contribution in [-0.4, -0.2) is 30.6 Å². The van der Waals surface area contributed by atoms with E-state index in [0.717, 1.165) is 28.5 Å². The van der Waals surface area contributed by atoms with E-state index in [1.165, 1.54) is 0 Å². The summed E-state index contributed by atoms with van der Waals surface area (Å²) in [4.78, 5) is 16.7. The van der Waals surface area contributed by atoms with Gasteiger partial charge in [-0.2, -0.15) is 0 Å². The molecule has 1 aliphatic heterocycles. The number of ether oxygens (including phenoxy) is 2. The quantitative estimate of drug-likeness (QED) is 0.733. The average Bonchev–Trinajstić information content (AvgIpc) is 2.68. The summed E-state index contributed by atoms with van der Waals surface area (Å²) >= 11 is 6.23. The fourth-order valence-electron chi connectivity index (χ4n) is 3.22. The number of carbonyl (C=O) groups excluding carboxylic acids is 1. The highest BCUT2D eigenvalue weighted by atomic mass is 35.5. The smallest absolute Gasteiger partial charge is 0.224 e. The van der Waals surface area contributed by atoms with Crippen molar-refractivity contribution in [3.63, 3.8) is 0 Å². The van der Waals surface area contributed by atoms with Crippen LogP contribution in [0.4, 0.5) is 0 Å². The number of pyridine rings is 1. The number of para-hydroxylation sites is 1. The van der Waals surface area contributed by atoms with Crippen molar-refractivity contribution in [2.45, 2.75) is 12.8 Å². The third-order valence-electron chi connectivity index (χ3n) is 4.45. The molecule has 0 fully saturated rings. The first-order chi connectivity index (χ1) is 13.2. The third kappa shape index (κ3) is 3.98. The Bertz CT molecular complexity index is 985. The van der Waals surface area contributed by atoms with Crippen LogP contribution < -0.4 is 14.8 Å². The van der Waals surface area contributed by atoms with Crippen molar-refractivity contribution in [1.29, 1.82) is 0 Å². The summed E-state index contributed by atoms with van der Waals surface area (Å²) in [7, 11) is 0. The highest BCUT2D eigenvalue weighted by Crippen LogP contribution is 2.38. The largest absolute Gasteiger partial charge is 0.486 e. The van der Waals surface area contributed by atoms with Gasteiger partial charge in [-0.3, -0.25) is 9.78 Å². The molecule has 5 nitrogen and oxygen atoms in total. The molecule has 0 aliphatic carbocycles. The zero-order valence-corrected chi connectivity index (χ0v) is 15.5. The highest BCUT2D eigenvalue weighted by Gasteiger charge is 2.17. The Morgan fingerprint density at radius 1 is 1.15 bits per heavy atom. The standard InChI is InChI=1S/C21H19ClN2O3/c22-17-11-14(12-18-21(17)27-10-9-26-18)13-19(25)23-8-6-16-4-1-3-15-5-2-7-24-20(15)16/h1-5,7,11-12H,6,8-10,13H2,(H,23,25). The van der Waals surface area contributed by atoms with Gasteiger partial charge in [0.2, 0.25) is 5.91 Å². The topological polar surface area (TPSA) is 60.5 Å². The molecule has 6 heteroatoms. The number of rotatable bonds is 5. The van der Waals surface area contributed by atoms with Crippen LogP contribution in [-0.2, 0) is 17.6 Å². The van der Waals surface area contributed by atoms with Gasteiger partial charge in [-0.05, 0) is 35.7 Å². The number of carbonyl (C=O) groups is 1. The van der Waals surface area contributed by atoms with Crippen molar-refractivity contribution in [2.75, 3.05) is 19.8 Å². The number of hydrogen-bond donors (Lipinski definition) is 1. The summed E-state index contributed by atoms with van der Waals surface area (Å²) < 4.78 is 11.1. The maximum Gasteiger partial charge on any atom is 0.224 e. The predicted molar refractivity (Wildman–Crippen MR) is 105 cm³/mol. The van der Waals surface area contributed by atoms with E-state index in [0.29, 0.717) is 36.3 Å². The number of nitrogens with one attached hydrogen (secondary N) is 1. The molecule has 1 N–H and O–H groups in total. The van der Waals surface area contributed by atoms with Gasteiger partial charge < -0.3 is 14.8 Å². The Kier molecular flexibility index (Phi) is 5.12. The molecule has 2 aromatic carbocycles. The first-order valence-corrected chi connectivity index (χ1v) is 9.26. The number of aromatic nitrogens is 1. The Morgan fingerprint density at radius 3 is 2.93 bits per heavy atom. The molecule has 1 aromatic heterocycles. The molecule has 27 heavy (non-hydrogen) atoms. The van der Waals surface area contributed by atoms with Crippen LogP contribution in [0, 0.1) is 0 Å². The fourth-order valence-corrected chi connectivity index (χ4v) is 3.51. The monoisotopic (exact) mass is 382 g/mol. The van der Waals surface area contributed by atoms with E-state index in [-0.39, 0.29) is 12.3 Å². The van der Waals surface area contributed by atoms with Crippen molar-refractivity contribution < 1.29 is 14.3 Å². The van der Waals surface area contributed by atoms with Crippen LogP contribution in [0.2, 0.25) is 5.02 Å². The van der Waals surface area contributed by atoms with Crippen LogP contribution in [0.1, 0.15) is 11.1 Å². The summed E-state index contributed by atoms with van der Waals surface area (Å²) in [6.07, 6.45) is 2.75. The lowest BCUT2D eigenvalue weighted by atomic mass is 10.1. The number of nitrogens with zero attached hydrogens (tertiary/aromatic N) is 1. The Labute approximate surface area is 162 Å². The highest BCUT2D eigenvalue weighted by molar-refractivity contribution is 6.32. The molecular weight excluding hydrogens is 364 g/mol. The van der Waals surface area contributed by atoms with E-state index in [1.807, 2.05) is 36.4 Å². The SMILES string of the molecule is O=C(Cc1cc(Cl)c2c(c1)OCCO2)NCCc1cccc2cccnc12. The van der Waals surface area contributed by atoms with Gasteiger partial charge in [-0.25, -0.2) is 0 Å². The van der Waals surface area contributed by atoms with Crippen LogP contribution >= 0.6 is 11.6 Å². The van der Waals surface area contributed by atoms with Gasteiger partial charge in [-0.1, -0.05) is 35.9 Å². The van der Waals surface area contributed by atoms with Crippen molar-refractivity contribution in [3.8, 4) is 11.5 Å². The molecule has 0 bridgehead atoms. The van der Waals surface area contributed by atoms with Crippen molar-refractivity contribution in [3.05, 3.63) is 64.8 Å². The second-order valence-electron chi connectivity index (χ2n) is 6.37.